The highest BCUT2D eigenvalue weighted by molar-refractivity contribution is 7.89. The fourth-order valence-electron chi connectivity index (χ4n) is 2.01. The minimum absolute atomic E-state index is 0.177. The van der Waals surface area contributed by atoms with E-state index in [1.807, 2.05) is 6.92 Å². The van der Waals surface area contributed by atoms with Crippen LogP contribution in [0.2, 0.25) is 0 Å². The Morgan fingerprint density at radius 1 is 1.37 bits per heavy atom. The Morgan fingerprint density at radius 3 is 2.58 bits per heavy atom. The van der Waals surface area contributed by atoms with Crippen molar-refractivity contribution in [1.82, 2.24) is 4.31 Å². The number of hydrogen-bond donors (Lipinski definition) is 1. The quantitative estimate of drug-likeness (QED) is 0.883. The molecule has 106 valence electrons. The minimum atomic E-state index is -3.49. The number of benzene rings is 1. The average Bonchev–Trinajstić information content (AvgIpc) is 2.84. The summed E-state index contributed by atoms with van der Waals surface area (Å²) in [5, 5.41) is 9.42. The van der Waals surface area contributed by atoms with Crippen molar-refractivity contribution in [3.8, 4) is 5.75 Å². The molecule has 0 unspecified atom stereocenters. The Labute approximate surface area is 113 Å². The molecular formula is C13H19NO4S. The van der Waals surface area contributed by atoms with Crippen LogP contribution in [0, 0.1) is 0 Å². The number of β-amino-alcohol motifs (C(OH)–C–C–N with tert-alkyl or cyclic N) is 1. The lowest BCUT2D eigenvalue weighted by Gasteiger charge is -2.16. The maximum absolute atomic E-state index is 12.3. The molecule has 0 aliphatic carbocycles. The third-order valence-electron chi connectivity index (χ3n) is 3.06. The van der Waals surface area contributed by atoms with Gasteiger partial charge < -0.3 is 9.84 Å². The maximum Gasteiger partial charge on any atom is 0.243 e. The van der Waals surface area contributed by atoms with Crippen LogP contribution < -0.4 is 4.74 Å². The molecule has 2 rings (SSSR count). The van der Waals surface area contributed by atoms with E-state index in [2.05, 4.69) is 0 Å². The molecule has 0 radical (unpaired) electrons. The van der Waals surface area contributed by atoms with Crippen LogP contribution in [-0.4, -0.2) is 43.6 Å². The summed E-state index contributed by atoms with van der Waals surface area (Å²) in [6, 6.07) is 6.42. The van der Waals surface area contributed by atoms with Crippen LogP contribution in [0.15, 0.2) is 29.2 Å². The number of rotatable bonds is 5. The third-order valence-corrected chi connectivity index (χ3v) is 4.94. The van der Waals surface area contributed by atoms with E-state index in [1.54, 1.807) is 24.3 Å². The van der Waals surface area contributed by atoms with E-state index in [9.17, 15) is 13.5 Å². The Bertz CT molecular complexity index is 512. The van der Waals surface area contributed by atoms with E-state index in [0.29, 0.717) is 25.3 Å². The molecule has 0 saturated carbocycles. The fourth-order valence-corrected chi connectivity index (χ4v) is 3.50. The summed E-state index contributed by atoms with van der Waals surface area (Å²) in [7, 11) is -3.49. The van der Waals surface area contributed by atoms with E-state index < -0.39 is 16.1 Å². The second kappa shape index (κ2) is 5.90. The first-order valence-electron chi connectivity index (χ1n) is 6.45. The normalized spacial score (nSPS) is 20.6. The van der Waals surface area contributed by atoms with E-state index in [0.717, 1.165) is 6.42 Å². The summed E-state index contributed by atoms with van der Waals surface area (Å²) >= 11 is 0. The summed E-state index contributed by atoms with van der Waals surface area (Å²) in [4.78, 5) is 0.241. The van der Waals surface area contributed by atoms with Gasteiger partial charge >= 0.3 is 0 Å². The highest BCUT2D eigenvalue weighted by Gasteiger charge is 2.31. The van der Waals surface area contributed by atoms with Gasteiger partial charge in [-0.05, 0) is 37.1 Å². The summed E-state index contributed by atoms with van der Waals surface area (Å²) in [6.07, 6.45) is 0.852. The summed E-state index contributed by atoms with van der Waals surface area (Å²) in [5.74, 6) is 0.669. The third kappa shape index (κ3) is 3.26. The number of sulfonamides is 1. The van der Waals surface area contributed by atoms with E-state index in [-0.39, 0.29) is 11.4 Å². The van der Waals surface area contributed by atoms with Crippen LogP contribution >= 0.6 is 0 Å². The smallest absolute Gasteiger partial charge is 0.243 e. The van der Waals surface area contributed by atoms with Crippen molar-refractivity contribution >= 4 is 10.0 Å². The highest BCUT2D eigenvalue weighted by Crippen LogP contribution is 2.23. The lowest BCUT2D eigenvalue weighted by Crippen LogP contribution is -2.29. The van der Waals surface area contributed by atoms with Gasteiger partial charge in [0.25, 0.3) is 0 Å². The second-order valence-corrected chi connectivity index (χ2v) is 6.56. The van der Waals surface area contributed by atoms with E-state index >= 15 is 0 Å². The monoisotopic (exact) mass is 285 g/mol. The van der Waals surface area contributed by atoms with Crippen molar-refractivity contribution in [3.05, 3.63) is 24.3 Å². The SMILES string of the molecule is CCCOc1ccc(S(=O)(=O)N2CC[C@@H](O)C2)cc1. The molecule has 1 heterocycles. The van der Waals surface area contributed by atoms with Crippen LogP contribution in [0.4, 0.5) is 0 Å². The first kappa shape index (κ1) is 14.3. The lowest BCUT2D eigenvalue weighted by atomic mass is 10.3. The van der Waals surface area contributed by atoms with Crippen LogP contribution in [0.5, 0.6) is 5.75 Å². The zero-order valence-corrected chi connectivity index (χ0v) is 11.8. The van der Waals surface area contributed by atoms with Crippen molar-refractivity contribution in [3.63, 3.8) is 0 Å². The Morgan fingerprint density at radius 2 is 2.05 bits per heavy atom. The molecule has 1 fully saturated rings. The maximum atomic E-state index is 12.3. The largest absolute Gasteiger partial charge is 0.494 e. The molecule has 1 atom stereocenters. The van der Waals surface area contributed by atoms with Gasteiger partial charge in [0.05, 0.1) is 17.6 Å². The van der Waals surface area contributed by atoms with Gasteiger partial charge in [-0.25, -0.2) is 8.42 Å². The molecule has 0 spiro atoms. The predicted molar refractivity (Wildman–Crippen MR) is 71.6 cm³/mol. The number of aliphatic hydroxyl groups is 1. The number of nitrogens with zero attached hydrogens (tertiary/aromatic N) is 1. The van der Waals surface area contributed by atoms with Gasteiger partial charge in [-0.2, -0.15) is 4.31 Å². The Kier molecular flexibility index (Phi) is 4.44. The van der Waals surface area contributed by atoms with Crippen LogP contribution in [0.3, 0.4) is 0 Å². The number of ether oxygens (including phenoxy) is 1. The molecule has 1 aromatic rings. The molecule has 1 aromatic carbocycles. The topological polar surface area (TPSA) is 66.8 Å². The minimum Gasteiger partial charge on any atom is -0.494 e. The molecule has 0 bridgehead atoms. The first-order chi connectivity index (χ1) is 9.04. The van der Waals surface area contributed by atoms with E-state index in [4.69, 9.17) is 4.74 Å². The summed E-state index contributed by atoms with van der Waals surface area (Å²) in [5.41, 5.74) is 0. The second-order valence-electron chi connectivity index (χ2n) is 4.63. The van der Waals surface area contributed by atoms with Gasteiger partial charge in [-0.15, -0.1) is 0 Å². The molecule has 5 nitrogen and oxygen atoms in total. The van der Waals surface area contributed by atoms with Crippen molar-refractivity contribution in [2.24, 2.45) is 0 Å². The molecule has 1 aliphatic rings. The van der Waals surface area contributed by atoms with Crippen molar-refractivity contribution in [1.29, 1.82) is 0 Å². The van der Waals surface area contributed by atoms with Gasteiger partial charge in [0.2, 0.25) is 10.0 Å². The summed E-state index contributed by atoms with van der Waals surface area (Å²) < 4.78 is 31.3. The Balaban J connectivity index is 2.12. The molecule has 1 saturated heterocycles. The lowest BCUT2D eigenvalue weighted by molar-refractivity contribution is 0.189. The fraction of sp³-hybridized carbons (Fsp3) is 0.538. The Hall–Kier alpha value is -1.11. The van der Waals surface area contributed by atoms with Crippen LogP contribution in [0.25, 0.3) is 0 Å². The zero-order valence-electron chi connectivity index (χ0n) is 10.9. The molecule has 6 heteroatoms. The van der Waals surface area contributed by atoms with Gasteiger partial charge in [-0.1, -0.05) is 6.92 Å². The number of aliphatic hydroxyl groups excluding tert-OH is 1. The number of hydrogen-bond acceptors (Lipinski definition) is 4. The zero-order chi connectivity index (χ0) is 13.9. The standard InChI is InChI=1S/C13H19NO4S/c1-2-9-18-12-3-5-13(6-4-12)19(16,17)14-8-7-11(15)10-14/h3-6,11,15H,2,7-10H2,1H3/t11-/m1/s1. The molecule has 0 aromatic heterocycles. The highest BCUT2D eigenvalue weighted by atomic mass is 32.2. The van der Waals surface area contributed by atoms with Crippen molar-refractivity contribution < 1.29 is 18.3 Å². The van der Waals surface area contributed by atoms with Crippen LogP contribution in [0.1, 0.15) is 19.8 Å². The molecule has 19 heavy (non-hydrogen) atoms. The van der Waals surface area contributed by atoms with Crippen molar-refractivity contribution in [2.75, 3.05) is 19.7 Å². The molecule has 1 aliphatic heterocycles. The van der Waals surface area contributed by atoms with Gasteiger partial charge in [-0.3, -0.25) is 0 Å². The molecule has 0 amide bonds. The summed E-state index contributed by atoms with van der Waals surface area (Å²) in [6.45, 7) is 3.18. The first-order valence-corrected chi connectivity index (χ1v) is 7.89. The van der Waals surface area contributed by atoms with Gasteiger partial charge in [0.15, 0.2) is 0 Å². The van der Waals surface area contributed by atoms with Crippen LogP contribution in [-0.2, 0) is 10.0 Å². The van der Waals surface area contributed by atoms with E-state index in [1.165, 1.54) is 4.31 Å². The molecular weight excluding hydrogens is 266 g/mol. The van der Waals surface area contributed by atoms with Crippen molar-refractivity contribution in [2.45, 2.75) is 30.8 Å². The average molecular weight is 285 g/mol. The van der Waals surface area contributed by atoms with Gasteiger partial charge in [0.1, 0.15) is 5.75 Å². The predicted octanol–water partition coefficient (Wildman–Crippen LogP) is 1.23. The molecule has 1 N–H and O–H groups in total. The van der Waals surface area contributed by atoms with Gasteiger partial charge in [0, 0.05) is 13.1 Å².